The van der Waals surface area contributed by atoms with Gasteiger partial charge in [-0.3, -0.25) is 4.79 Å². The van der Waals surface area contributed by atoms with Crippen molar-refractivity contribution in [2.75, 3.05) is 32.6 Å². The van der Waals surface area contributed by atoms with Crippen LogP contribution in [0.15, 0.2) is 47.4 Å². The Kier molecular flexibility index (Phi) is 7.40. The third-order valence-electron chi connectivity index (χ3n) is 5.11. The van der Waals surface area contributed by atoms with E-state index in [-0.39, 0.29) is 10.6 Å². The van der Waals surface area contributed by atoms with E-state index in [9.17, 15) is 13.2 Å². The zero-order chi connectivity index (χ0) is 22.4. The van der Waals surface area contributed by atoms with Crippen LogP contribution in [0.1, 0.15) is 26.2 Å². The van der Waals surface area contributed by atoms with Gasteiger partial charge in [-0.25, -0.2) is 8.42 Å². The van der Waals surface area contributed by atoms with Crippen molar-refractivity contribution in [1.29, 1.82) is 0 Å². The molecule has 0 unspecified atom stereocenters. The topological polar surface area (TPSA) is 94.2 Å². The Hall–Kier alpha value is -2.78. The molecule has 0 saturated carbocycles. The van der Waals surface area contributed by atoms with Gasteiger partial charge in [-0.1, -0.05) is 13.0 Å². The third-order valence-corrected chi connectivity index (χ3v) is 7.01. The van der Waals surface area contributed by atoms with Crippen LogP contribution in [-0.4, -0.2) is 52.0 Å². The summed E-state index contributed by atoms with van der Waals surface area (Å²) in [7, 11) is -0.607. The summed E-state index contributed by atoms with van der Waals surface area (Å²) in [5.41, 5.74) is 0.278. The van der Waals surface area contributed by atoms with E-state index in [0.717, 1.165) is 12.8 Å². The second-order valence-corrected chi connectivity index (χ2v) is 9.09. The maximum Gasteiger partial charge on any atom is 0.265 e. The Morgan fingerprint density at radius 1 is 1.06 bits per heavy atom. The van der Waals surface area contributed by atoms with Crippen molar-refractivity contribution in [3.05, 3.63) is 42.5 Å². The van der Waals surface area contributed by atoms with E-state index in [1.807, 2.05) is 6.92 Å². The summed E-state index contributed by atoms with van der Waals surface area (Å²) in [6, 6.07) is 11.5. The molecule has 2 aromatic carbocycles. The second kappa shape index (κ2) is 10.0. The SMILES string of the molecule is CC[C@@H](Oc1cccc(OC)c1)C(=O)Nc1cc(S(=O)(=O)N2CCCC2)ccc1OC. The summed E-state index contributed by atoms with van der Waals surface area (Å²) in [5, 5.41) is 2.76. The Bertz CT molecular complexity index is 1020. The predicted molar refractivity (Wildman–Crippen MR) is 117 cm³/mol. The lowest BCUT2D eigenvalue weighted by molar-refractivity contribution is -0.122. The van der Waals surface area contributed by atoms with Crippen LogP contribution >= 0.6 is 0 Å². The van der Waals surface area contributed by atoms with Gasteiger partial charge in [0.25, 0.3) is 5.91 Å². The molecular formula is C22H28N2O6S. The molecule has 1 atom stereocenters. The van der Waals surface area contributed by atoms with Crippen LogP contribution in [0.3, 0.4) is 0 Å². The zero-order valence-electron chi connectivity index (χ0n) is 18.0. The summed E-state index contributed by atoms with van der Waals surface area (Å²) >= 11 is 0. The van der Waals surface area contributed by atoms with Crippen molar-refractivity contribution < 1.29 is 27.4 Å². The number of methoxy groups -OCH3 is 2. The van der Waals surface area contributed by atoms with Crippen molar-refractivity contribution >= 4 is 21.6 Å². The molecular weight excluding hydrogens is 420 g/mol. The largest absolute Gasteiger partial charge is 0.497 e. The van der Waals surface area contributed by atoms with E-state index in [2.05, 4.69) is 5.32 Å². The van der Waals surface area contributed by atoms with E-state index in [1.54, 1.807) is 37.4 Å². The molecule has 31 heavy (non-hydrogen) atoms. The van der Waals surface area contributed by atoms with E-state index < -0.39 is 22.0 Å². The highest BCUT2D eigenvalue weighted by Gasteiger charge is 2.28. The summed E-state index contributed by atoms with van der Waals surface area (Å²) in [5.74, 6) is 1.08. The average molecular weight is 449 g/mol. The van der Waals surface area contributed by atoms with Gasteiger partial charge < -0.3 is 19.5 Å². The van der Waals surface area contributed by atoms with E-state index >= 15 is 0 Å². The monoisotopic (exact) mass is 448 g/mol. The van der Waals surface area contributed by atoms with Crippen molar-refractivity contribution in [2.45, 2.75) is 37.2 Å². The van der Waals surface area contributed by atoms with Gasteiger partial charge in [0.2, 0.25) is 10.0 Å². The maximum atomic E-state index is 12.9. The highest BCUT2D eigenvalue weighted by molar-refractivity contribution is 7.89. The third kappa shape index (κ3) is 5.29. The van der Waals surface area contributed by atoms with Crippen LogP contribution in [0.2, 0.25) is 0 Å². The fourth-order valence-electron chi connectivity index (χ4n) is 3.40. The fraction of sp³-hybridized carbons (Fsp3) is 0.409. The number of benzene rings is 2. The van der Waals surface area contributed by atoms with Crippen molar-refractivity contribution in [3.63, 3.8) is 0 Å². The normalized spacial score (nSPS) is 15.3. The van der Waals surface area contributed by atoms with Crippen LogP contribution < -0.4 is 19.5 Å². The molecule has 1 amide bonds. The molecule has 0 spiro atoms. The maximum absolute atomic E-state index is 12.9. The van der Waals surface area contributed by atoms with Gasteiger partial charge in [0.1, 0.15) is 17.2 Å². The first-order valence-corrected chi connectivity index (χ1v) is 11.6. The first kappa shape index (κ1) is 22.9. The summed E-state index contributed by atoms with van der Waals surface area (Å²) < 4.78 is 43.6. The molecule has 3 rings (SSSR count). The Morgan fingerprint density at radius 2 is 1.77 bits per heavy atom. The number of ether oxygens (including phenoxy) is 3. The Balaban J connectivity index is 1.81. The lowest BCUT2D eigenvalue weighted by atomic mass is 10.2. The van der Waals surface area contributed by atoms with Crippen LogP contribution in [0.4, 0.5) is 5.69 Å². The predicted octanol–water partition coefficient (Wildman–Crippen LogP) is 3.28. The van der Waals surface area contributed by atoms with Gasteiger partial charge in [-0.15, -0.1) is 0 Å². The lowest BCUT2D eigenvalue weighted by Crippen LogP contribution is -2.32. The molecule has 1 fully saturated rings. The zero-order valence-corrected chi connectivity index (χ0v) is 18.8. The van der Waals surface area contributed by atoms with E-state index in [0.29, 0.717) is 36.8 Å². The van der Waals surface area contributed by atoms with Crippen molar-refractivity contribution in [3.8, 4) is 17.2 Å². The first-order chi connectivity index (χ1) is 14.9. The Labute approximate surface area is 183 Å². The van der Waals surface area contributed by atoms with Crippen LogP contribution in [0.25, 0.3) is 0 Å². The quantitative estimate of drug-likeness (QED) is 0.633. The molecule has 2 aromatic rings. The fourth-order valence-corrected chi connectivity index (χ4v) is 4.94. The van der Waals surface area contributed by atoms with Crippen LogP contribution in [-0.2, 0) is 14.8 Å². The molecule has 9 heteroatoms. The van der Waals surface area contributed by atoms with Gasteiger partial charge in [0.15, 0.2) is 6.10 Å². The van der Waals surface area contributed by atoms with Gasteiger partial charge in [-0.05, 0) is 49.6 Å². The van der Waals surface area contributed by atoms with Gasteiger partial charge in [0.05, 0.1) is 24.8 Å². The number of sulfonamides is 1. The van der Waals surface area contributed by atoms with E-state index in [4.69, 9.17) is 14.2 Å². The second-order valence-electron chi connectivity index (χ2n) is 7.16. The number of hydrogen-bond acceptors (Lipinski definition) is 6. The Morgan fingerprint density at radius 3 is 2.42 bits per heavy atom. The minimum absolute atomic E-state index is 0.118. The lowest BCUT2D eigenvalue weighted by Gasteiger charge is -2.20. The molecule has 0 aliphatic carbocycles. The molecule has 8 nitrogen and oxygen atoms in total. The highest BCUT2D eigenvalue weighted by Crippen LogP contribution is 2.30. The summed E-state index contributed by atoms with van der Waals surface area (Å²) in [6.45, 7) is 2.83. The van der Waals surface area contributed by atoms with Crippen molar-refractivity contribution in [1.82, 2.24) is 4.31 Å². The number of rotatable bonds is 9. The first-order valence-electron chi connectivity index (χ1n) is 10.2. The minimum atomic E-state index is -3.62. The standard InChI is InChI=1S/C22H28N2O6S/c1-4-20(30-17-9-7-8-16(14-17)28-2)22(25)23-19-15-18(10-11-21(19)29-3)31(26,27)24-12-5-6-13-24/h7-11,14-15,20H,4-6,12-13H2,1-3H3,(H,23,25)/t20-/m1/s1. The van der Waals surface area contributed by atoms with Gasteiger partial charge in [0, 0.05) is 19.2 Å². The number of amides is 1. The molecule has 1 N–H and O–H groups in total. The molecule has 1 saturated heterocycles. The number of carbonyl (C=O) groups excluding carboxylic acids is 1. The summed E-state index contributed by atoms with van der Waals surface area (Å²) in [4.78, 5) is 13.0. The molecule has 1 aliphatic heterocycles. The van der Waals surface area contributed by atoms with Gasteiger partial charge >= 0.3 is 0 Å². The van der Waals surface area contributed by atoms with Crippen molar-refractivity contribution in [2.24, 2.45) is 0 Å². The number of carbonyl (C=O) groups is 1. The molecule has 0 radical (unpaired) electrons. The van der Waals surface area contributed by atoms with E-state index in [1.165, 1.54) is 23.5 Å². The number of anilines is 1. The molecule has 1 aliphatic rings. The average Bonchev–Trinajstić information content (AvgIpc) is 3.33. The number of nitrogens with one attached hydrogen (secondary N) is 1. The highest BCUT2D eigenvalue weighted by atomic mass is 32.2. The smallest absolute Gasteiger partial charge is 0.265 e. The van der Waals surface area contributed by atoms with Crippen LogP contribution in [0, 0.1) is 0 Å². The minimum Gasteiger partial charge on any atom is -0.497 e. The number of nitrogens with zero attached hydrogens (tertiary/aromatic N) is 1. The molecule has 1 heterocycles. The number of hydrogen-bond donors (Lipinski definition) is 1. The summed E-state index contributed by atoms with van der Waals surface area (Å²) in [6.07, 6.45) is 1.32. The molecule has 168 valence electrons. The van der Waals surface area contributed by atoms with Gasteiger partial charge in [-0.2, -0.15) is 4.31 Å². The van der Waals surface area contributed by atoms with Crippen LogP contribution in [0.5, 0.6) is 17.2 Å². The molecule has 0 aromatic heterocycles. The molecule has 0 bridgehead atoms.